The lowest BCUT2D eigenvalue weighted by Crippen LogP contribution is -2.47. The van der Waals surface area contributed by atoms with Gasteiger partial charge in [-0.05, 0) is 17.7 Å². The first-order chi connectivity index (χ1) is 13.5. The molecule has 1 saturated heterocycles. The summed E-state index contributed by atoms with van der Waals surface area (Å²) in [6, 6.07) is 5.61. The van der Waals surface area contributed by atoms with Gasteiger partial charge in [-0.1, -0.05) is 29.3 Å². The Kier molecular flexibility index (Phi) is 5.39. The zero-order chi connectivity index (χ0) is 19.7. The zero-order valence-electron chi connectivity index (χ0n) is 15.2. The summed E-state index contributed by atoms with van der Waals surface area (Å²) >= 11 is 12.6. The molecule has 1 aromatic carbocycles. The second kappa shape index (κ2) is 7.95. The molecule has 4 rings (SSSR count). The Balaban J connectivity index is 1.64. The summed E-state index contributed by atoms with van der Waals surface area (Å²) in [5, 5.41) is 11.9. The van der Waals surface area contributed by atoms with Gasteiger partial charge in [0.15, 0.2) is 0 Å². The van der Waals surface area contributed by atoms with Crippen molar-refractivity contribution in [1.82, 2.24) is 20.1 Å². The first-order valence-corrected chi connectivity index (χ1v) is 9.67. The van der Waals surface area contributed by atoms with Crippen molar-refractivity contribution in [2.24, 2.45) is 0 Å². The van der Waals surface area contributed by atoms with Crippen LogP contribution in [0, 0.1) is 0 Å². The van der Waals surface area contributed by atoms with E-state index in [1.807, 2.05) is 18.3 Å². The van der Waals surface area contributed by atoms with Crippen molar-refractivity contribution in [3.63, 3.8) is 0 Å². The number of halogens is 2. The number of pyridine rings is 1. The highest BCUT2D eigenvalue weighted by Crippen LogP contribution is 2.36. The van der Waals surface area contributed by atoms with Gasteiger partial charge in [-0.25, -0.2) is 4.98 Å². The molecule has 28 heavy (non-hydrogen) atoms. The minimum Gasteiger partial charge on any atom is -0.373 e. The highest BCUT2D eigenvalue weighted by Gasteiger charge is 2.22. The fraction of sp³-hybridized carbons (Fsp3) is 0.316. The number of benzene rings is 1. The third-order valence-corrected chi connectivity index (χ3v) is 5.57. The van der Waals surface area contributed by atoms with E-state index in [1.165, 1.54) is 0 Å². The van der Waals surface area contributed by atoms with Crippen molar-refractivity contribution < 1.29 is 9.53 Å². The van der Waals surface area contributed by atoms with Crippen LogP contribution >= 0.6 is 23.2 Å². The molecule has 3 heterocycles. The third-order valence-electron chi connectivity index (χ3n) is 4.78. The summed E-state index contributed by atoms with van der Waals surface area (Å²) in [4.78, 5) is 18.1. The van der Waals surface area contributed by atoms with Crippen molar-refractivity contribution in [1.29, 1.82) is 0 Å². The van der Waals surface area contributed by atoms with E-state index in [1.54, 1.807) is 24.1 Å². The number of aromatic nitrogens is 3. The van der Waals surface area contributed by atoms with Crippen LogP contribution in [0.3, 0.4) is 0 Å². The molecule has 0 saturated carbocycles. The monoisotopic (exact) mass is 419 g/mol. The number of anilines is 1. The normalized spacial score (nSPS) is 17.1. The van der Waals surface area contributed by atoms with Gasteiger partial charge >= 0.3 is 0 Å². The van der Waals surface area contributed by atoms with E-state index >= 15 is 0 Å². The summed E-state index contributed by atoms with van der Waals surface area (Å²) in [6.45, 7) is 3.80. The number of carbonyl (C=O) groups excluding carboxylic acids is 1. The molecule has 1 amide bonds. The lowest BCUT2D eigenvalue weighted by Gasteiger charge is -2.32. The van der Waals surface area contributed by atoms with Crippen molar-refractivity contribution in [2.45, 2.75) is 13.0 Å². The molecule has 7 nitrogen and oxygen atoms in total. The third kappa shape index (κ3) is 3.78. The predicted molar refractivity (Wildman–Crippen MR) is 110 cm³/mol. The lowest BCUT2D eigenvalue weighted by molar-refractivity contribution is -0.135. The van der Waals surface area contributed by atoms with E-state index < -0.39 is 0 Å². The molecule has 1 atom stereocenters. The second-order valence-electron chi connectivity index (χ2n) is 6.64. The van der Waals surface area contributed by atoms with Crippen LogP contribution in [0.25, 0.3) is 22.0 Å². The standard InChI is InChI=1S/C19H19Cl2N5O2/c1-11(27)26-4-5-28-13(10-26)9-22-17-6-15(12-7-23-24-8-12)14-2-3-16(20)18(21)19(14)25-17/h2-3,6-8,13H,4-5,9-10H2,1H3,(H,22,25)(H,23,24). The molecule has 2 aromatic heterocycles. The van der Waals surface area contributed by atoms with Gasteiger partial charge in [0.2, 0.25) is 5.91 Å². The fourth-order valence-corrected chi connectivity index (χ4v) is 3.67. The van der Waals surface area contributed by atoms with Gasteiger partial charge in [-0.15, -0.1) is 0 Å². The summed E-state index contributed by atoms with van der Waals surface area (Å²) in [7, 11) is 0. The van der Waals surface area contributed by atoms with Crippen LogP contribution in [0.2, 0.25) is 10.0 Å². The molecule has 0 spiro atoms. The number of nitrogens with zero attached hydrogens (tertiary/aromatic N) is 3. The number of aromatic amines is 1. The Hall–Kier alpha value is -2.35. The van der Waals surface area contributed by atoms with Gasteiger partial charge < -0.3 is 15.0 Å². The maximum atomic E-state index is 11.6. The van der Waals surface area contributed by atoms with Crippen LogP contribution in [-0.4, -0.2) is 58.3 Å². The minimum atomic E-state index is -0.109. The van der Waals surface area contributed by atoms with Crippen molar-refractivity contribution in [2.75, 3.05) is 31.6 Å². The first-order valence-electron chi connectivity index (χ1n) is 8.92. The molecule has 3 aromatic rings. The minimum absolute atomic E-state index is 0.0563. The molecule has 1 unspecified atom stereocenters. The highest BCUT2D eigenvalue weighted by atomic mass is 35.5. The number of carbonyl (C=O) groups is 1. The molecule has 0 aliphatic carbocycles. The van der Waals surface area contributed by atoms with Crippen LogP contribution in [-0.2, 0) is 9.53 Å². The Morgan fingerprint density at radius 3 is 3.04 bits per heavy atom. The van der Waals surface area contributed by atoms with Gasteiger partial charge in [0, 0.05) is 43.7 Å². The van der Waals surface area contributed by atoms with Gasteiger partial charge in [-0.2, -0.15) is 5.10 Å². The quantitative estimate of drug-likeness (QED) is 0.674. The maximum Gasteiger partial charge on any atom is 0.219 e. The van der Waals surface area contributed by atoms with Gasteiger partial charge in [0.25, 0.3) is 0 Å². The van der Waals surface area contributed by atoms with Gasteiger partial charge in [0.05, 0.1) is 34.5 Å². The Bertz CT molecular complexity index is 1010. The maximum absolute atomic E-state index is 11.6. The van der Waals surface area contributed by atoms with E-state index in [0.717, 1.165) is 16.5 Å². The highest BCUT2D eigenvalue weighted by molar-refractivity contribution is 6.45. The molecule has 1 aliphatic heterocycles. The number of hydrogen-bond acceptors (Lipinski definition) is 5. The van der Waals surface area contributed by atoms with Crippen molar-refractivity contribution in [3.05, 3.63) is 40.6 Å². The molecule has 2 N–H and O–H groups in total. The summed E-state index contributed by atoms with van der Waals surface area (Å²) in [5.41, 5.74) is 2.48. The molecule has 0 radical (unpaired) electrons. The Morgan fingerprint density at radius 1 is 1.43 bits per heavy atom. The Labute approximate surface area is 172 Å². The number of nitrogens with one attached hydrogen (secondary N) is 2. The number of amides is 1. The topological polar surface area (TPSA) is 83.1 Å². The molecule has 0 bridgehead atoms. The molecular weight excluding hydrogens is 401 g/mol. The van der Waals surface area contributed by atoms with Crippen LogP contribution in [0.5, 0.6) is 0 Å². The number of ether oxygens (including phenoxy) is 1. The van der Waals surface area contributed by atoms with E-state index in [2.05, 4.69) is 20.5 Å². The number of morpholine rings is 1. The molecule has 146 valence electrons. The smallest absolute Gasteiger partial charge is 0.219 e. The van der Waals surface area contributed by atoms with Crippen LogP contribution < -0.4 is 5.32 Å². The molecule has 1 fully saturated rings. The predicted octanol–water partition coefficient (Wildman–Crippen LogP) is 3.59. The van der Waals surface area contributed by atoms with E-state index in [4.69, 9.17) is 27.9 Å². The zero-order valence-corrected chi connectivity index (χ0v) is 16.7. The number of rotatable bonds is 4. The van der Waals surface area contributed by atoms with E-state index in [9.17, 15) is 4.79 Å². The molecule has 9 heteroatoms. The summed E-state index contributed by atoms with van der Waals surface area (Å²) in [5.74, 6) is 0.706. The molecular formula is C19H19Cl2N5O2. The van der Waals surface area contributed by atoms with E-state index in [0.29, 0.717) is 47.6 Å². The fourth-order valence-electron chi connectivity index (χ4n) is 3.31. The lowest BCUT2D eigenvalue weighted by atomic mass is 10.0. The Morgan fingerprint density at radius 2 is 2.29 bits per heavy atom. The summed E-state index contributed by atoms with van der Waals surface area (Å²) < 4.78 is 5.77. The second-order valence-corrected chi connectivity index (χ2v) is 7.42. The average molecular weight is 420 g/mol. The SMILES string of the molecule is CC(=O)N1CCOC(CNc2cc(-c3cn[nH]c3)c3ccc(Cl)c(Cl)c3n2)C1. The number of H-pyrrole nitrogens is 1. The largest absolute Gasteiger partial charge is 0.373 e. The van der Waals surface area contributed by atoms with Crippen LogP contribution in [0.4, 0.5) is 5.82 Å². The van der Waals surface area contributed by atoms with Gasteiger partial charge in [-0.3, -0.25) is 9.89 Å². The van der Waals surface area contributed by atoms with Crippen molar-refractivity contribution in [3.8, 4) is 11.1 Å². The average Bonchev–Trinajstić information content (AvgIpc) is 3.24. The van der Waals surface area contributed by atoms with Crippen molar-refractivity contribution >= 4 is 45.8 Å². The van der Waals surface area contributed by atoms with E-state index in [-0.39, 0.29) is 12.0 Å². The molecule has 1 aliphatic rings. The number of fused-ring (bicyclic) bond motifs is 1. The van der Waals surface area contributed by atoms with Gasteiger partial charge in [0.1, 0.15) is 5.82 Å². The number of hydrogen-bond donors (Lipinski definition) is 2. The summed E-state index contributed by atoms with van der Waals surface area (Å²) in [6.07, 6.45) is 3.45. The van der Waals surface area contributed by atoms with Crippen LogP contribution in [0.15, 0.2) is 30.6 Å². The van der Waals surface area contributed by atoms with Crippen LogP contribution in [0.1, 0.15) is 6.92 Å². The first kappa shape index (κ1) is 19.0.